The first-order valence-electron chi connectivity index (χ1n) is 13.4. The lowest BCUT2D eigenvalue weighted by molar-refractivity contribution is 0.474. The Hall–Kier alpha value is -4.54. The van der Waals surface area contributed by atoms with Crippen molar-refractivity contribution in [3.05, 3.63) is 126 Å². The van der Waals surface area contributed by atoms with Gasteiger partial charge in [0.2, 0.25) is 0 Å². The molecule has 0 aliphatic carbocycles. The molecule has 0 aliphatic heterocycles. The van der Waals surface area contributed by atoms with Crippen molar-refractivity contribution >= 4 is 33.5 Å². The van der Waals surface area contributed by atoms with Gasteiger partial charge in [-0.2, -0.15) is 0 Å². The van der Waals surface area contributed by atoms with Crippen LogP contribution in [0.4, 0.5) is 5.69 Å². The average molecular weight is 539 g/mol. The number of fused-ring (bicyclic) bond motifs is 1. The minimum Gasteiger partial charge on any atom is -0.507 e. The van der Waals surface area contributed by atoms with Gasteiger partial charge in [-0.3, -0.25) is 4.99 Å². The van der Waals surface area contributed by atoms with E-state index in [2.05, 4.69) is 75.4 Å². The molecule has 4 heteroatoms. The molecule has 0 bridgehead atoms. The number of hydrogen-bond acceptors (Lipinski definition) is 4. The van der Waals surface area contributed by atoms with E-state index in [1.807, 2.05) is 54.6 Å². The van der Waals surface area contributed by atoms with Crippen molar-refractivity contribution in [2.45, 2.75) is 26.2 Å². The summed E-state index contributed by atoms with van der Waals surface area (Å²) in [5.74, 6) is 0.197. The third-order valence-electron chi connectivity index (χ3n) is 7.06. The van der Waals surface area contributed by atoms with E-state index >= 15 is 0 Å². The highest BCUT2D eigenvalue weighted by Crippen LogP contribution is 2.41. The Morgan fingerprint density at radius 1 is 0.700 bits per heavy atom. The molecule has 5 aromatic carbocycles. The molecular weight excluding hydrogens is 508 g/mol. The van der Waals surface area contributed by atoms with E-state index in [0.717, 1.165) is 48.7 Å². The lowest BCUT2D eigenvalue weighted by Crippen LogP contribution is -2.10. The lowest BCUT2D eigenvalue weighted by atomic mass is 9.85. The fraction of sp³-hybridized carbons (Fsp3) is 0.111. The fourth-order valence-corrected chi connectivity index (χ4v) is 5.86. The number of hydrogen-bond donors (Lipinski definition) is 1. The highest BCUT2D eigenvalue weighted by molar-refractivity contribution is 7.21. The van der Waals surface area contributed by atoms with E-state index in [4.69, 9.17) is 9.98 Å². The normalized spacial score (nSPS) is 11.9. The van der Waals surface area contributed by atoms with E-state index in [0.29, 0.717) is 5.56 Å². The second kappa shape index (κ2) is 10.6. The largest absolute Gasteiger partial charge is 0.507 e. The summed E-state index contributed by atoms with van der Waals surface area (Å²) in [6.45, 7) is 6.74. The molecule has 1 aromatic heterocycles. The van der Waals surface area contributed by atoms with Gasteiger partial charge in [0, 0.05) is 22.9 Å². The molecule has 1 N–H and O–H groups in total. The second-order valence-corrected chi connectivity index (χ2v) is 12.0. The van der Waals surface area contributed by atoms with Crippen molar-refractivity contribution in [1.82, 2.24) is 4.98 Å². The average Bonchev–Trinajstić information content (AvgIpc) is 3.41. The van der Waals surface area contributed by atoms with Gasteiger partial charge in [-0.1, -0.05) is 99.6 Å². The van der Waals surface area contributed by atoms with Crippen molar-refractivity contribution < 1.29 is 5.11 Å². The summed E-state index contributed by atoms with van der Waals surface area (Å²) >= 11 is 1.69. The smallest absolute Gasteiger partial charge is 0.126 e. The van der Waals surface area contributed by atoms with Gasteiger partial charge in [0.1, 0.15) is 10.8 Å². The van der Waals surface area contributed by atoms with Crippen molar-refractivity contribution in [2.24, 2.45) is 4.99 Å². The Balaban J connectivity index is 1.43. The predicted molar refractivity (Wildman–Crippen MR) is 170 cm³/mol. The molecule has 0 spiro atoms. The number of aliphatic imine (C=N–C) groups is 1. The second-order valence-electron chi connectivity index (χ2n) is 10.9. The van der Waals surface area contributed by atoms with E-state index in [9.17, 15) is 5.11 Å². The third kappa shape index (κ3) is 5.18. The summed E-state index contributed by atoms with van der Waals surface area (Å²) in [6, 6.07) is 38.9. The first-order valence-corrected chi connectivity index (χ1v) is 14.2. The van der Waals surface area contributed by atoms with Gasteiger partial charge in [-0.25, -0.2) is 4.98 Å². The van der Waals surface area contributed by atoms with Crippen LogP contribution < -0.4 is 0 Å². The zero-order valence-electron chi connectivity index (χ0n) is 22.8. The number of nitrogens with zero attached hydrogens (tertiary/aromatic N) is 2. The first-order chi connectivity index (χ1) is 19.4. The quantitative estimate of drug-likeness (QED) is 0.222. The van der Waals surface area contributed by atoms with E-state index in [1.165, 1.54) is 5.56 Å². The van der Waals surface area contributed by atoms with E-state index < -0.39 is 0 Å². The summed E-state index contributed by atoms with van der Waals surface area (Å²) in [7, 11) is 0. The molecule has 0 saturated heterocycles. The molecule has 0 aliphatic rings. The highest BCUT2D eigenvalue weighted by atomic mass is 32.1. The number of thiazole rings is 1. The summed E-state index contributed by atoms with van der Waals surface area (Å²) < 4.78 is 1.16. The minimum absolute atomic E-state index is 0.0142. The molecule has 0 radical (unpaired) electrons. The highest BCUT2D eigenvalue weighted by Gasteiger charge is 2.20. The summed E-state index contributed by atoms with van der Waals surface area (Å²) in [5, 5.41) is 11.5. The molecule has 3 nitrogen and oxygen atoms in total. The number of phenols is 1. The maximum atomic E-state index is 10.6. The number of aromatic nitrogens is 1. The van der Waals surface area contributed by atoms with Gasteiger partial charge < -0.3 is 5.11 Å². The van der Waals surface area contributed by atoms with Crippen LogP contribution in [0.3, 0.4) is 0 Å². The van der Waals surface area contributed by atoms with Crippen molar-refractivity contribution in [1.29, 1.82) is 0 Å². The minimum atomic E-state index is 0.0142. The van der Waals surface area contributed by atoms with Crippen LogP contribution in [0.25, 0.3) is 43.0 Å². The Bertz CT molecular complexity index is 1830. The summed E-state index contributed by atoms with van der Waals surface area (Å²) in [4.78, 5) is 10.0. The SMILES string of the molecule is CC(C)(C)c1cc(-c2ccccc2)c2nc(-c3ccccc3N=Cc3cc(-c4ccccc4)ccc3O)sc2c1. The van der Waals surface area contributed by atoms with Crippen LogP contribution in [0.15, 0.2) is 120 Å². The Labute approximate surface area is 239 Å². The zero-order valence-corrected chi connectivity index (χ0v) is 23.6. The summed E-state index contributed by atoms with van der Waals surface area (Å²) in [6.07, 6.45) is 1.74. The maximum Gasteiger partial charge on any atom is 0.126 e. The molecule has 6 rings (SSSR count). The van der Waals surface area contributed by atoms with Crippen LogP contribution in [-0.2, 0) is 5.41 Å². The first kappa shape index (κ1) is 25.7. The molecule has 0 atom stereocenters. The van der Waals surface area contributed by atoms with Crippen LogP contribution in [0.1, 0.15) is 31.9 Å². The number of phenolic OH excluding ortho intramolecular Hbond substituents is 1. The van der Waals surface area contributed by atoms with Crippen LogP contribution in [0.5, 0.6) is 5.75 Å². The Morgan fingerprint density at radius 3 is 2.10 bits per heavy atom. The molecule has 196 valence electrons. The molecule has 40 heavy (non-hydrogen) atoms. The predicted octanol–water partition coefficient (Wildman–Crippen LogP) is 10.1. The Morgan fingerprint density at radius 2 is 1.38 bits per heavy atom. The monoisotopic (exact) mass is 538 g/mol. The van der Waals surface area contributed by atoms with E-state index in [1.54, 1.807) is 23.6 Å². The van der Waals surface area contributed by atoms with Gasteiger partial charge in [0.05, 0.1) is 15.9 Å². The number of para-hydroxylation sites is 1. The molecular formula is C36H30N2OS. The van der Waals surface area contributed by atoms with Gasteiger partial charge in [-0.15, -0.1) is 11.3 Å². The molecule has 0 saturated carbocycles. The molecule has 0 fully saturated rings. The maximum absolute atomic E-state index is 10.6. The number of rotatable bonds is 5. The third-order valence-corrected chi connectivity index (χ3v) is 8.09. The van der Waals surface area contributed by atoms with Crippen LogP contribution in [0.2, 0.25) is 0 Å². The van der Waals surface area contributed by atoms with Crippen molar-refractivity contribution in [2.75, 3.05) is 0 Å². The van der Waals surface area contributed by atoms with Crippen molar-refractivity contribution in [3.8, 4) is 38.6 Å². The van der Waals surface area contributed by atoms with Gasteiger partial charge in [0.15, 0.2) is 0 Å². The standard InChI is InChI=1S/C36H30N2OS/c1-36(2,3)28-21-30(25-14-8-5-9-15-25)34-33(22-28)40-35(38-34)29-16-10-11-17-31(29)37-23-27-20-26(18-19-32(27)39)24-12-6-4-7-13-24/h4-23,39H,1-3H3. The lowest BCUT2D eigenvalue weighted by Gasteiger charge is -2.20. The zero-order chi connectivity index (χ0) is 27.7. The molecule has 0 unspecified atom stereocenters. The van der Waals surface area contributed by atoms with Gasteiger partial charge >= 0.3 is 0 Å². The van der Waals surface area contributed by atoms with Crippen molar-refractivity contribution in [3.63, 3.8) is 0 Å². The van der Waals surface area contributed by atoms with Crippen LogP contribution in [-0.4, -0.2) is 16.3 Å². The topological polar surface area (TPSA) is 45.5 Å². The van der Waals surface area contributed by atoms with E-state index in [-0.39, 0.29) is 11.2 Å². The number of benzene rings is 5. The fourth-order valence-electron chi connectivity index (χ4n) is 4.79. The van der Waals surface area contributed by atoms with Gasteiger partial charge in [-0.05, 0) is 64.1 Å². The molecule has 0 amide bonds. The van der Waals surface area contributed by atoms with Crippen LogP contribution >= 0.6 is 11.3 Å². The summed E-state index contributed by atoms with van der Waals surface area (Å²) in [5.41, 5.74) is 9.18. The van der Waals surface area contributed by atoms with Crippen LogP contribution in [0, 0.1) is 0 Å². The Kier molecular flexibility index (Phi) is 6.79. The number of aromatic hydroxyl groups is 1. The molecule has 1 heterocycles. The molecule has 6 aromatic rings. The van der Waals surface area contributed by atoms with Gasteiger partial charge in [0.25, 0.3) is 0 Å².